The second-order valence-corrected chi connectivity index (χ2v) is 4.27. The number of thiol groups is 1. The van der Waals surface area contributed by atoms with Crippen molar-refractivity contribution < 1.29 is 13.2 Å². The van der Waals surface area contributed by atoms with E-state index in [4.69, 9.17) is 0 Å². The number of hydrogen-bond donors (Lipinski definition) is 1. The van der Waals surface area contributed by atoms with Crippen molar-refractivity contribution in [1.29, 1.82) is 0 Å². The molecule has 76 valence electrons. The van der Waals surface area contributed by atoms with Crippen LogP contribution in [0.5, 0.6) is 0 Å². The van der Waals surface area contributed by atoms with Crippen LogP contribution in [-0.2, 0) is 0 Å². The first kappa shape index (κ1) is 11.0. The molecule has 1 rings (SSSR count). The third-order valence-electron chi connectivity index (χ3n) is 2.82. The van der Waals surface area contributed by atoms with E-state index in [1.807, 2.05) is 0 Å². The Hall–Kier alpha value is -0.120. The molecule has 4 heteroatoms. The van der Waals surface area contributed by atoms with Gasteiger partial charge in [0.25, 0.3) is 0 Å². The van der Waals surface area contributed by atoms with E-state index >= 15 is 0 Å². The summed E-state index contributed by atoms with van der Waals surface area (Å²) in [5, 5.41) is 0. The van der Waals surface area contributed by atoms with Gasteiger partial charge in [-0.2, -0.15) is 13.2 Å². The van der Waals surface area contributed by atoms with Crippen LogP contribution in [0.25, 0.3) is 0 Å². The van der Waals surface area contributed by atoms with Crippen molar-refractivity contribution in [2.45, 2.75) is 32.9 Å². The summed E-state index contributed by atoms with van der Waals surface area (Å²) in [7, 11) is 0. The Morgan fingerprint density at radius 3 is 2.00 bits per heavy atom. The Balaban J connectivity index is 2.71. The van der Waals surface area contributed by atoms with Gasteiger partial charge in [0.15, 0.2) is 0 Å². The largest absolute Gasteiger partial charge is 0.392 e. The smallest absolute Gasteiger partial charge is 0.171 e. The first-order valence-electron chi connectivity index (χ1n) is 4.27. The number of hydrogen-bond acceptors (Lipinski definition) is 1. The summed E-state index contributed by atoms with van der Waals surface area (Å²) in [4.78, 5) is 0.721. The molecule has 0 radical (unpaired) electrons. The van der Waals surface area contributed by atoms with Gasteiger partial charge in [0.1, 0.15) is 0 Å². The lowest BCUT2D eigenvalue weighted by Crippen LogP contribution is -2.38. The molecule has 0 unspecified atom stereocenters. The molecule has 0 aliphatic heterocycles. The highest BCUT2D eigenvalue weighted by Crippen LogP contribution is 2.49. The Labute approximate surface area is 81.6 Å². The van der Waals surface area contributed by atoms with Crippen molar-refractivity contribution in [3.05, 3.63) is 10.5 Å². The van der Waals surface area contributed by atoms with Gasteiger partial charge in [0.05, 0.1) is 5.92 Å². The summed E-state index contributed by atoms with van der Waals surface area (Å²) in [5.41, 5.74) is 0.789. The van der Waals surface area contributed by atoms with Gasteiger partial charge in [-0.25, -0.2) is 0 Å². The zero-order valence-electron chi connectivity index (χ0n) is 7.65. The lowest BCUT2D eigenvalue weighted by atomic mass is 9.69. The van der Waals surface area contributed by atoms with Crippen molar-refractivity contribution in [2.75, 3.05) is 0 Å². The molecule has 0 N–H and O–H groups in total. The Morgan fingerprint density at radius 2 is 1.77 bits per heavy atom. The molecule has 0 nitrogen and oxygen atoms in total. The van der Waals surface area contributed by atoms with Crippen LogP contribution in [0.3, 0.4) is 0 Å². The molecule has 0 aromatic rings. The van der Waals surface area contributed by atoms with Crippen molar-refractivity contribution >= 4 is 12.6 Å². The molecule has 0 heterocycles. The van der Waals surface area contributed by atoms with E-state index in [1.165, 1.54) is 0 Å². The van der Waals surface area contributed by atoms with E-state index in [1.54, 1.807) is 13.8 Å². The molecule has 1 aliphatic rings. The van der Waals surface area contributed by atoms with Crippen LogP contribution in [0, 0.1) is 11.8 Å². The number of allylic oxidation sites excluding steroid dienone is 2. The van der Waals surface area contributed by atoms with Gasteiger partial charge in [-0.3, -0.25) is 0 Å². The topological polar surface area (TPSA) is 0 Å². The summed E-state index contributed by atoms with van der Waals surface area (Å²) in [6, 6.07) is 0. The third-order valence-corrected chi connectivity index (χ3v) is 3.17. The predicted octanol–water partition coefficient (Wildman–Crippen LogP) is 3.80. The SMILES string of the molecule is C/C(S)=C(/C)[C@H]1CC[C@H]1C(F)(F)F. The molecule has 1 aliphatic carbocycles. The molecule has 1 saturated carbocycles. The van der Waals surface area contributed by atoms with Crippen molar-refractivity contribution in [2.24, 2.45) is 11.8 Å². The quantitative estimate of drug-likeness (QED) is 0.625. The zero-order chi connectivity index (χ0) is 10.2. The van der Waals surface area contributed by atoms with E-state index in [0.29, 0.717) is 6.42 Å². The predicted molar refractivity (Wildman–Crippen MR) is 49.6 cm³/mol. The van der Waals surface area contributed by atoms with Crippen LogP contribution in [0.4, 0.5) is 13.2 Å². The molecule has 2 atom stereocenters. The van der Waals surface area contributed by atoms with Gasteiger partial charge in [0.2, 0.25) is 0 Å². The lowest BCUT2D eigenvalue weighted by Gasteiger charge is -2.39. The molecule has 0 saturated heterocycles. The highest BCUT2D eigenvalue weighted by molar-refractivity contribution is 7.84. The fourth-order valence-electron chi connectivity index (χ4n) is 1.68. The van der Waals surface area contributed by atoms with Gasteiger partial charge < -0.3 is 0 Å². The third kappa shape index (κ3) is 2.22. The Kier molecular flexibility index (Phi) is 3.00. The maximum atomic E-state index is 12.3. The van der Waals surface area contributed by atoms with Gasteiger partial charge in [-0.1, -0.05) is 5.57 Å². The minimum atomic E-state index is -4.03. The summed E-state index contributed by atoms with van der Waals surface area (Å²) in [5.74, 6) is -1.45. The molecule has 13 heavy (non-hydrogen) atoms. The molecule has 0 aromatic carbocycles. The van der Waals surface area contributed by atoms with Crippen LogP contribution in [0.1, 0.15) is 26.7 Å². The number of alkyl halides is 3. The van der Waals surface area contributed by atoms with E-state index in [9.17, 15) is 13.2 Å². The summed E-state index contributed by atoms with van der Waals surface area (Å²) in [6.45, 7) is 3.48. The van der Waals surface area contributed by atoms with Crippen molar-refractivity contribution in [1.82, 2.24) is 0 Å². The van der Waals surface area contributed by atoms with Gasteiger partial charge in [-0.05, 0) is 37.5 Å². The number of halogens is 3. The van der Waals surface area contributed by atoms with Crippen LogP contribution in [0.15, 0.2) is 10.5 Å². The van der Waals surface area contributed by atoms with E-state index in [-0.39, 0.29) is 12.3 Å². The highest BCUT2D eigenvalue weighted by Gasteiger charge is 2.50. The Bertz CT molecular complexity index is 226. The fraction of sp³-hybridized carbons (Fsp3) is 0.778. The van der Waals surface area contributed by atoms with Crippen molar-refractivity contribution in [3.8, 4) is 0 Å². The molecule has 1 fully saturated rings. The van der Waals surface area contributed by atoms with E-state index in [0.717, 1.165) is 10.5 Å². The van der Waals surface area contributed by atoms with E-state index < -0.39 is 12.1 Å². The fourth-order valence-corrected chi connectivity index (χ4v) is 1.84. The first-order valence-corrected chi connectivity index (χ1v) is 4.71. The molecular formula is C9H13F3S. The molecule has 0 amide bonds. The van der Waals surface area contributed by atoms with Crippen LogP contribution in [0.2, 0.25) is 0 Å². The lowest BCUT2D eigenvalue weighted by molar-refractivity contribution is -0.207. The normalized spacial score (nSPS) is 30.9. The second-order valence-electron chi connectivity index (χ2n) is 3.60. The Morgan fingerprint density at radius 1 is 1.23 bits per heavy atom. The molecule has 0 aromatic heterocycles. The maximum absolute atomic E-state index is 12.3. The molecule has 0 spiro atoms. The van der Waals surface area contributed by atoms with E-state index in [2.05, 4.69) is 12.6 Å². The minimum absolute atomic E-state index is 0.270. The zero-order valence-corrected chi connectivity index (χ0v) is 8.54. The summed E-state index contributed by atoms with van der Waals surface area (Å²) in [6.07, 6.45) is -3.12. The monoisotopic (exact) mass is 210 g/mol. The minimum Gasteiger partial charge on any atom is -0.171 e. The maximum Gasteiger partial charge on any atom is 0.392 e. The summed E-state index contributed by atoms with van der Waals surface area (Å²) >= 11 is 4.07. The van der Waals surface area contributed by atoms with Crippen LogP contribution < -0.4 is 0 Å². The average molecular weight is 210 g/mol. The first-order chi connectivity index (χ1) is 5.84. The molecule has 0 bridgehead atoms. The average Bonchev–Trinajstić information content (AvgIpc) is 1.79. The van der Waals surface area contributed by atoms with Crippen LogP contribution >= 0.6 is 12.6 Å². The molecular weight excluding hydrogens is 197 g/mol. The van der Waals surface area contributed by atoms with Gasteiger partial charge in [-0.15, -0.1) is 12.6 Å². The van der Waals surface area contributed by atoms with Crippen molar-refractivity contribution in [3.63, 3.8) is 0 Å². The highest BCUT2D eigenvalue weighted by atomic mass is 32.1. The van der Waals surface area contributed by atoms with Gasteiger partial charge >= 0.3 is 6.18 Å². The van der Waals surface area contributed by atoms with Crippen LogP contribution in [-0.4, -0.2) is 6.18 Å². The summed E-state index contributed by atoms with van der Waals surface area (Å²) < 4.78 is 37.0. The second kappa shape index (κ2) is 3.56. The van der Waals surface area contributed by atoms with Gasteiger partial charge in [0, 0.05) is 0 Å². The number of rotatable bonds is 1. The standard InChI is InChI=1S/C9H13F3S/c1-5(6(2)13)7-3-4-8(7)9(10,11)12/h7-8,13H,3-4H2,1-2H3/b6-5+/t7-,8-/m1/s1.